The maximum absolute atomic E-state index is 13.1. The number of hydrazine groups is 1. The lowest BCUT2D eigenvalue weighted by Crippen LogP contribution is -2.30. The summed E-state index contributed by atoms with van der Waals surface area (Å²) in [6.07, 6.45) is -1.44. The fraction of sp³-hybridized carbons (Fsp3) is 0.154. The van der Waals surface area contributed by atoms with Crippen LogP contribution in [-0.4, -0.2) is 4.98 Å². The highest BCUT2D eigenvalue weighted by atomic mass is 79.9. The minimum atomic E-state index is -4.46. The Kier molecular flexibility index (Phi) is 4.42. The van der Waals surface area contributed by atoms with Gasteiger partial charge in [0.15, 0.2) is 0 Å². The second-order valence-corrected chi connectivity index (χ2v) is 5.03. The van der Waals surface area contributed by atoms with Gasteiger partial charge in [0.2, 0.25) is 0 Å². The molecule has 0 bridgehead atoms. The van der Waals surface area contributed by atoms with E-state index in [1.807, 2.05) is 0 Å². The maximum atomic E-state index is 13.1. The molecule has 0 fully saturated rings. The van der Waals surface area contributed by atoms with E-state index in [9.17, 15) is 13.2 Å². The standard InChI is InChI=1S/C13H11BrF3N3/c14-9-3-4-10(11(6-9)13(15,16)17)12(20-18)8-2-1-5-19-7-8/h1-7,12,20H,18H2. The lowest BCUT2D eigenvalue weighted by atomic mass is 9.95. The first-order valence-corrected chi connectivity index (χ1v) is 6.45. The fourth-order valence-corrected chi connectivity index (χ4v) is 2.30. The molecule has 7 heteroatoms. The Bertz CT molecular complexity index is 587. The number of rotatable bonds is 3. The average molecular weight is 346 g/mol. The summed E-state index contributed by atoms with van der Waals surface area (Å²) in [6, 6.07) is 6.51. The van der Waals surface area contributed by atoms with Gasteiger partial charge in [-0.25, -0.2) is 5.43 Å². The minimum Gasteiger partial charge on any atom is -0.271 e. The zero-order valence-electron chi connectivity index (χ0n) is 10.2. The van der Waals surface area contributed by atoms with Crippen LogP contribution in [0.2, 0.25) is 0 Å². The Balaban J connectivity index is 2.56. The van der Waals surface area contributed by atoms with Gasteiger partial charge < -0.3 is 0 Å². The number of halogens is 4. The number of hydrogen-bond acceptors (Lipinski definition) is 3. The highest BCUT2D eigenvalue weighted by Gasteiger charge is 2.35. The van der Waals surface area contributed by atoms with Gasteiger partial charge in [0.1, 0.15) is 0 Å². The smallest absolute Gasteiger partial charge is 0.271 e. The molecule has 1 aromatic heterocycles. The molecule has 106 valence electrons. The van der Waals surface area contributed by atoms with Crippen molar-refractivity contribution in [2.45, 2.75) is 12.2 Å². The average Bonchev–Trinajstić information content (AvgIpc) is 2.41. The van der Waals surface area contributed by atoms with E-state index in [1.165, 1.54) is 12.3 Å². The molecule has 3 nitrogen and oxygen atoms in total. The van der Waals surface area contributed by atoms with Crippen molar-refractivity contribution in [2.75, 3.05) is 0 Å². The van der Waals surface area contributed by atoms with Crippen LogP contribution in [0.4, 0.5) is 13.2 Å². The van der Waals surface area contributed by atoms with Crippen LogP contribution in [0.25, 0.3) is 0 Å². The number of alkyl halides is 3. The Morgan fingerprint density at radius 3 is 2.55 bits per heavy atom. The summed E-state index contributed by atoms with van der Waals surface area (Å²) in [4.78, 5) is 3.90. The van der Waals surface area contributed by atoms with Crippen LogP contribution in [0.3, 0.4) is 0 Å². The van der Waals surface area contributed by atoms with Crippen LogP contribution in [0.15, 0.2) is 47.2 Å². The van der Waals surface area contributed by atoms with Crippen LogP contribution >= 0.6 is 15.9 Å². The van der Waals surface area contributed by atoms with Gasteiger partial charge in [0.05, 0.1) is 11.6 Å². The molecule has 1 aromatic carbocycles. The molecule has 0 saturated heterocycles. The number of aromatic nitrogens is 1. The number of nitrogens with zero attached hydrogens (tertiary/aromatic N) is 1. The van der Waals surface area contributed by atoms with E-state index in [0.29, 0.717) is 10.0 Å². The van der Waals surface area contributed by atoms with E-state index in [1.54, 1.807) is 24.4 Å². The molecule has 0 aliphatic carbocycles. The Morgan fingerprint density at radius 2 is 2.00 bits per heavy atom. The third kappa shape index (κ3) is 3.17. The number of hydrogen-bond donors (Lipinski definition) is 2. The molecule has 3 N–H and O–H groups in total. The quantitative estimate of drug-likeness (QED) is 0.662. The monoisotopic (exact) mass is 345 g/mol. The topological polar surface area (TPSA) is 50.9 Å². The lowest BCUT2D eigenvalue weighted by Gasteiger charge is -2.21. The first-order valence-electron chi connectivity index (χ1n) is 5.66. The number of nitrogens with one attached hydrogen (secondary N) is 1. The first-order chi connectivity index (χ1) is 9.43. The Morgan fingerprint density at radius 1 is 1.25 bits per heavy atom. The summed E-state index contributed by atoms with van der Waals surface area (Å²) in [5.41, 5.74) is 2.28. The molecule has 2 aromatic rings. The van der Waals surface area contributed by atoms with Crippen molar-refractivity contribution in [3.8, 4) is 0 Å². The molecular weight excluding hydrogens is 335 g/mol. The zero-order chi connectivity index (χ0) is 14.8. The highest BCUT2D eigenvalue weighted by Crippen LogP contribution is 2.37. The summed E-state index contributed by atoms with van der Waals surface area (Å²) in [5, 5.41) is 0. The van der Waals surface area contributed by atoms with Gasteiger partial charge in [0, 0.05) is 16.9 Å². The summed E-state index contributed by atoms with van der Waals surface area (Å²) in [5.74, 6) is 5.43. The molecule has 0 saturated carbocycles. The van der Waals surface area contributed by atoms with Crippen molar-refractivity contribution in [2.24, 2.45) is 5.84 Å². The highest BCUT2D eigenvalue weighted by molar-refractivity contribution is 9.10. The molecule has 2 rings (SSSR count). The third-order valence-corrected chi connectivity index (χ3v) is 3.31. The van der Waals surface area contributed by atoms with Gasteiger partial charge in [-0.2, -0.15) is 13.2 Å². The second kappa shape index (κ2) is 5.90. The van der Waals surface area contributed by atoms with Gasteiger partial charge in [-0.3, -0.25) is 10.8 Å². The van der Waals surface area contributed by atoms with Gasteiger partial charge in [-0.15, -0.1) is 0 Å². The SMILES string of the molecule is NNC(c1cccnc1)c1ccc(Br)cc1C(F)(F)F. The van der Waals surface area contributed by atoms with Crippen LogP contribution in [0, 0.1) is 0 Å². The van der Waals surface area contributed by atoms with Crippen molar-refractivity contribution >= 4 is 15.9 Å². The van der Waals surface area contributed by atoms with Crippen LogP contribution < -0.4 is 11.3 Å². The summed E-state index contributed by atoms with van der Waals surface area (Å²) in [6.45, 7) is 0. The van der Waals surface area contributed by atoms with Gasteiger partial charge in [-0.05, 0) is 29.3 Å². The van der Waals surface area contributed by atoms with Crippen molar-refractivity contribution in [3.05, 3.63) is 63.9 Å². The van der Waals surface area contributed by atoms with E-state index in [2.05, 4.69) is 26.3 Å². The molecule has 0 radical (unpaired) electrons. The molecule has 20 heavy (non-hydrogen) atoms. The van der Waals surface area contributed by atoms with E-state index < -0.39 is 17.8 Å². The fourth-order valence-electron chi connectivity index (χ4n) is 1.94. The normalized spacial score (nSPS) is 13.2. The minimum absolute atomic E-state index is 0.0520. The van der Waals surface area contributed by atoms with Crippen LogP contribution in [0.1, 0.15) is 22.7 Å². The summed E-state index contributed by atoms with van der Waals surface area (Å²) >= 11 is 3.05. The number of benzene rings is 1. The molecular formula is C13H11BrF3N3. The van der Waals surface area contributed by atoms with Gasteiger partial charge in [-0.1, -0.05) is 28.1 Å². The third-order valence-electron chi connectivity index (χ3n) is 2.82. The molecule has 1 unspecified atom stereocenters. The molecule has 0 amide bonds. The van der Waals surface area contributed by atoms with Crippen LogP contribution in [-0.2, 0) is 6.18 Å². The molecule has 0 aliphatic heterocycles. The molecule has 0 spiro atoms. The largest absolute Gasteiger partial charge is 0.416 e. The van der Waals surface area contributed by atoms with E-state index in [0.717, 1.165) is 6.07 Å². The van der Waals surface area contributed by atoms with E-state index in [-0.39, 0.29) is 5.56 Å². The van der Waals surface area contributed by atoms with Crippen molar-refractivity contribution < 1.29 is 13.2 Å². The predicted molar refractivity (Wildman–Crippen MR) is 72.5 cm³/mol. The number of pyridine rings is 1. The van der Waals surface area contributed by atoms with Gasteiger partial charge in [0.25, 0.3) is 0 Å². The first kappa shape index (κ1) is 15.0. The van der Waals surface area contributed by atoms with Crippen LogP contribution in [0.5, 0.6) is 0 Å². The van der Waals surface area contributed by atoms with Gasteiger partial charge >= 0.3 is 6.18 Å². The summed E-state index contributed by atoms with van der Waals surface area (Å²) in [7, 11) is 0. The van der Waals surface area contributed by atoms with E-state index >= 15 is 0 Å². The van der Waals surface area contributed by atoms with Crippen molar-refractivity contribution in [1.82, 2.24) is 10.4 Å². The molecule has 1 heterocycles. The number of nitrogens with two attached hydrogens (primary N) is 1. The Labute approximate surface area is 122 Å². The summed E-state index contributed by atoms with van der Waals surface area (Å²) < 4.78 is 39.8. The molecule has 0 aliphatic rings. The van der Waals surface area contributed by atoms with E-state index in [4.69, 9.17) is 5.84 Å². The molecule has 1 atom stereocenters. The maximum Gasteiger partial charge on any atom is 0.416 e. The van der Waals surface area contributed by atoms with Crippen molar-refractivity contribution in [3.63, 3.8) is 0 Å². The van der Waals surface area contributed by atoms with Crippen molar-refractivity contribution in [1.29, 1.82) is 0 Å². The lowest BCUT2D eigenvalue weighted by molar-refractivity contribution is -0.138. The second-order valence-electron chi connectivity index (χ2n) is 4.12. The zero-order valence-corrected chi connectivity index (χ0v) is 11.7. The predicted octanol–water partition coefficient (Wildman–Crippen LogP) is 3.42. The Hall–Kier alpha value is -1.44.